The van der Waals surface area contributed by atoms with Crippen molar-refractivity contribution in [3.8, 4) is 56.4 Å². The van der Waals surface area contributed by atoms with Crippen LogP contribution in [0.1, 0.15) is 41.4 Å². The van der Waals surface area contributed by atoms with Gasteiger partial charge in [0, 0.05) is 37.8 Å². The van der Waals surface area contributed by atoms with Crippen LogP contribution < -0.4 is 11.2 Å². The molecule has 0 bridgehead atoms. The van der Waals surface area contributed by atoms with Gasteiger partial charge in [0.2, 0.25) is 5.75 Å². The van der Waals surface area contributed by atoms with Gasteiger partial charge in [-0.05, 0) is 135 Å². The molecule has 384 valence electrons. The molecule has 75 heavy (non-hydrogen) atoms. The van der Waals surface area contributed by atoms with Crippen molar-refractivity contribution in [3.63, 3.8) is 0 Å². The highest BCUT2D eigenvalue weighted by Crippen LogP contribution is 2.40. The fourth-order valence-corrected chi connectivity index (χ4v) is 7.32. The van der Waals surface area contributed by atoms with Crippen LogP contribution in [0.4, 0.5) is 11.4 Å². The van der Waals surface area contributed by atoms with Gasteiger partial charge in [0.1, 0.15) is 17.2 Å². The molecule has 0 aliphatic carbocycles. The largest absolute Gasteiger partial charge is 0.507 e. The molecule has 8 aromatic rings. The SMILES string of the molecule is Nc1cccc(-c2cccc(C(=O)O)c2)c1O.O=C(O)c1cccc(-c2cc(Cl)cc([N+](=O)[O-])c2O)c1.O=C(O)c1cccc(-c2cc(Cl)ccc2O)c1.O=C(O)c1cccc(B(O)O)c1.Oc1ccc(Cl)cc1Br. The number of aromatic hydroxyl groups is 4. The number of para-hydroxylation sites is 1. The fourth-order valence-electron chi connectivity index (χ4n) is 6.25. The van der Waals surface area contributed by atoms with Crippen molar-refractivity contribution in [2.24, 2.45) is 0 Å². The smallest absolute Gasteiger partial charge is 0.488 e. The summed E-state index contributed by atoms with van der Waals surface area (Å²) in [6, 6.07) is 40.6. The number of aromatic carboxylic acids is 4. The lowest BCUT2D eigenvalue weighted by atomic mass is 9.80. The maximum absolute atomic E-state index is 10.9. The standard InChI is InChI=1S/C13H8ClNO5.C13H9ClO3.C13H11NO3.C7H7BO4.C6H4BrClO/c14-9-5-10(12(16)11(6-9)15(19)20)7-2-1-3-8(4-7)13(17)18;14-10-4-5-12(15)11(7-10)8-2-1-3-9(6-8)13(16)17;14-11-6-2-5-10(12(11)15)8-3-1-4-9(7-8)13(16)17;9-7(10)5-2-1-3-6(4-5)8(11)12;7-5-3-4(8)1-2-6(5)9/h1-6,16H,(H,17,18);1-7,15H,(H,16,17);1-7,15H,14H2,(H,16,17);1-4,11-12H,(H,9,10);1-3,9H. The van der Waals surface area contributed by atoms with Gasteiger partial charge in [-0.1, -0.05) is 95.5 Å². The molecule has 0 aliphatic rings. The summed E-state index contributed by atoms with van der Waals surface area (Å²) in [5.74, 6) is -4.54. The molecule has 18 nitrogen and oxygen atoms in total. The van der Waals surface area contributed by atoms with E-state index in [1.165, 1.54) is 91.0 Å². The van der Waals surface area contributed by atoms with E-state index in [2.05, 4.69) is 15.9 Å². The Morgan fingerprint density at radius 1 is 0.480 bits per heavy atom. The van der Waals surface area contributed by atoms with Crippen LogP contribution in [0.25, 0.3) is 33.4 Å². The van der Waals surface area contributed by atoms with E-state index in [9.17, 15) is 44.6 Å². The zero-order chi connectivity index (χ0) is 55.7. The Balaban J connectivity index is 0.000000207. The maximum Gasteiger partial charge on any atom is 0.488 e. The number of nitrogens with two attached hydrogens (primary N) is 1. The zero-order valence-electron chi connectivity index (χ0n) is 38.1. The number of anilines is 1. The summed E-state index contributed by atoms with van der Waals surface area (Å²) in [5, 5.41) is 103. The number of rotatable bonds is 9. The molecule has 0 radical (unpaired) electrons. The molecular formula is C52H39BBrCl3N2O16. The Bertz CT molecular complexity index is 3350. The van der Waals surface area contributed by atoms with E-state index in [1.807, 2.05) is 0 Å². The number of phenolic OH excluding ortho intramolecular Hbond substituents is 4. The average Bonchev–Trinajstić information content (AvgIpc) is 3.38. The highest BCUT2D eigenvalue weighted by molar-refractivity contribution is 9.10. The summed E-state index contributed by atoms with van der Waals surface area (Å²) >= 11 is 20.3. The first kappa shape index (κ1) is 58.9. The first-order valence-corrected chi connectivity index (χ1v) is 22.9. The molecule has 0 fully saturated rings. The number of carbonyl (C=O) groups is 4. The fraction of sp³-hybridized carbons (Fsp3) is 0. The van der Waals surface area contributed by atoms with Crippen molar-refractivity contribution in [2.75, 3.05) is 5.73 Å². The van der Waals surface area contributed by atoms with Gasteiger partial charge in [-0.3, -0.25) is 10.1 Å². The van der Waals surface area contributed by atoms with Crippen LogP contribution in [0.2, 0.25) is 15.1 Å². The summed E-state index contributed by atoms with van der Waals surface area (Å²) in [6.07, 6.45) is 0. The maximum atomic E-state index is 10.9. The van der Waals surface area contributed by atoms with Crippen LogP contribution in [-0.2, 0) is 0 Å². The minimum atomic E-state index is -1.62. The van der Waals surface area contributed by atoms with Crippen molar-refractivity contribution in [1.29, 1.82) is 0 Å². The van der Waals surface area contributed by atoms with Gasteiger partial charge >= 0.3 is 36.7 Å². The van der Waals surface area contributed by atoms with Crippen LogP contribution in [0.3, 0.4) is 0 Å². The summed E-state index contributed by atoms with van der Waals surface area (Å²) in [4.78, 5) is 53.1. The quantitative estimate of drug-likeness (QED) is 0.0210. The number of hydrogen-bond donors (Lipinski definition) is 11. The van der Waals surface area contributed by atoms with E-state index in [4.69, 9.17) is 76.1 Å². The molecule has 0 aromatic heterocycles. The van der Waals surface area contributed by atoms with Gasteiger partial charge in [-0.25, -0.2) is 19.2 Å². The van der Waals surface area contributed by atoms with Crippen LogP contribution in [0.5, 0.6) is 23.0 Å². The predicted octanol–water partition coefficient (Wildman–Crippen LogP) is 10.9. The lowest BCUT2D eigenvalue weighted by molar-refractivity contribution is -0.385. The van der Waals surface area contributed by atoms with E-state index >= 15 is 0 Å². The van der Waals surface area contributed by atoms with E-state index in [-0.39, 0.29) is 61.2 Å². The minimum absolute atomic E-state index is 0.00419. The number of nitro groups is 1. The second-order valence-electron chi connectivity index (χ2n) is 15.0. The number of nitrogen functional groups attached to an aromatic ring is 1. The van der Waals surface area contributed by atoms with E-state index in [1.54, 1.807) is 66.7 Å². The molecule has 8 aromatic carbocycles. The minimum Gasteiger partial charge on any atom is -0.507 e. The molecule has 0 unspecified atom stereocenters. The van der Waals surface area contributed by atoms with Crippen molar-refractivity contribution in [2.45, 2.75) is 0 Å². The van der Waals surface area contributed by atoms with E-state index in [0.717, 1.165) is 6.07 Å². The third-order valence-electron chi connectivity index (χ3n) is 9.88. The van der Waals surface area contributed by atoms with E-state index < -0.39 is 47.4 Å². The van der Waals surface area contributed by atoms with Crippen molar-refractivity contribution in [1.82, 2.24) is 0 Å². The van der Waals surface area contributed by atoms with Crippen LogP contribution >= 0.6 is 50.7 Å². The molecule has 0 saturated heterocycles. The first-order chi connectivity index (χ1) is 35.4. The monoisotopic (exact) mass is 1140 g/mol. The summed E-state index contributed by atoms with van der Waals surface area (Å²) in [7, 11) is -1.62. The number of phenols is 4. The second kappa shape index (κ2) is 27.4. The number of nitrogens with zero attached hydrogens (tertiary/aromatic N) is 1. The van der Waals surface area contributed by atoms with Crippen LogP contribution in [0, 0.1) is 10.1 Å². The van der Waals surface area contributed by atoms with Gasteiger partial charge in [-0.15, -0.1) is 0 Å². The Hall–Kier alpha value is -8.63. The third kappa shape index (κ3) is 17.3. The van der Waals surface area contributed by atoms with Gasteiger partial charge in [0.05, 0.1) is 37.3 Å². The molecule has 8 rings (SSSR count). The highest BCUT2D eigenvalue weighted by Gasteiger charge is 2.21. The highest BCUT2D eigenvalue weighted by atomic mass is 79.9. The van der Waals surface area contributed by atoms with Gasteiger partial charge < -0.3 is 56.6 Å². The number of carboxylic acid groups (broad SMARTS) is 4. The molecule has 0 spiro atoms. The normalized spacial score (nSPS) is 10.0. The lowest BCUT2D eigenvalue weighted by Gasteiger charge is -2.07. The Morgan fingerprint density at radius 2 is 0.893 bits per heavy atom. The molecule has 0 amide bonds. The number of benzene rings is 8. The average molecular weight is 1140 g/mol. The molecular weight excluding hydrogens is 1110 g/mol. The second-order valence-corrected chi connectivity index (χ2v) is 17.2. The topological polar surface area (TPSA) is 340 Å². The Morgan fingerprint density at radius 3 is 1.35 bits per heavy atom. The molecule has 0 saturated carbocycles. The van der Waals surface area contributed by atoms with Crippen LogP contribution in [-0.4, -0.2) is 86.8 Å². The van der Waals surface area contributed by atoms with Crippen molar-refractivity contribution >= 4 is 98.6 Å². The Kier molecular flexibility index (Phi) is 21.6. The van der Waals surface area contributed by atoms with Crippen molar-refractivity contribution < 1.29 is 75.0 Å². The molecule has 0 heterocycles. The van der Waals surface area contributed by atoms with Gasteiger partial charge in [0.25, 0.3) is 0 Å². The number of hydrogen-bond acceptors (Lipinski definition) is 13. The van der Waals surface area contributed by atoms with Gasteiger partial charge in [0.15, 0.2) is 0 Å². The third-order valence-corrected chi connectivity index (χ3v) is 11.2. The van der Waals surface area contributed by atoms with Crippen molar-refractivity contribution in [3.05, 3.63) is 216 Å². The molecule has 0 aliphatic heterocycles. The zero-order valence-corrected chi connectivity index (χ0v) is 42.0. The summed E-state index contributed by atoms with van der Waals surface area (Å²) in [5.41, 5.74) is 8.59. The first-order valence-electron chi connectivity index (χ1n) is 21.0. The number of nitro benzene ring substituents is 1. The molecule has 0 atom stereocenters. The van der Waals surface area contributed by atoms with E-state index in [0.29, 0.717) is 42.3 Å². The molecule has 12 N–H and O–H groups in total. The Labute approximate surface area is 449 Å². The summed E-state index contributed by atoms with van der Waals surface area (Å²) < 4.78 is 0.620. The predicted molar refractivity (Wildman–Crippen MR) is 287 cm³/mol. The van der Waals surface area contributed by atoms with Crippen LogP contribution in [0.15, 0.2) is 168 Å². The lowest BCUT2D eigenvalue weighted by Crippen LogP contribution is -2.30. The summed E-state index contributed by atoms with van der Waals surface area (Å²) in [6.45, 7) is 0. The molecule has 23 heteroatoms. The number of halogens is 4. The van der Waals surface area contributed by atoms with Gasteiger partial charge in [-0.2, -0.15) is 0 Å². The number of carboxylic acids is 4.